The Balaban J connectivity index is 1.57. The fourth-order valence-electron chi connectivity index (χ4n) is 4.53. The van der Waals surface area contributed by atoms with Crippen molar-refractivity contribution in [2.75, 3.05) is 0 Å². The Labute approximate surface area is 186 Å². The Kier molecular flexibility index (Phi) is 6.23. The first-order valence-electron chi connectivity index (χ1n) is 10.6. The highest BCUT2D eigenvalue weighted by Crippen LogP contribution is 2.39. The van der Waals surface area contributed by atoms with E-state index >= 15 is 0 Å². The number of benzene rings is 3. The van der Waals surface area contributed by atoms with E-state index in [0.717, 1.165) is 25.7 Å². The average Bonchev–Trinajstić information content (AvgIpc) is 2.78. The lowest BCUT2D eigenvalue weighted by Crippen LogP contribution is -2.30. The van der Waals surface area contributed by atoms with Crippen LogP contribution < -0.4 is 0 Å². The third kappa shape index (κ3) is 4.42. The molecular weight excluding hydrogens is 414 g/mol. The molecule has 160 valence electrons. The molecule has 0 heterocycles. The first kappa shape index (κ1) is 21.3. The lowest BCUT2D eigenvalue weighted by Gasteiger charge is -2.33. The van der Waals surface area contributed by atoms with E-state index in [4.69, 9.17) is 16.3 Å². The highest BCUT2D eigenvalue weighted by Gasteiger charge is 2.32. The third-order valence-electron chi connectivity index (χ3n) is 6.21. The summed E-state index contributed by atoms with van der Waals surface area (Å²) < 4.78 is 6.02. The van der Waals surface area contributed by atoms with Crippen LogP contribution in [0.5, 0.6) is 0 Å². The van der Waals surface area contributed by atoms with E-state index in [0.29, 0.717) is 5.56 Å². The van der Waals surface area contributed by atoms with Crippen LogP contribution in [0.15, 0.2) is 60.7 Å². The number of nitro groups is 1. The molecule has 4 rings (SSSR count). The second-order valence-corrected chi connectivity index (χ2v) is 8.53. The summed E-state index contributed by atoms with van der Waals surface area (Å²) in [7, 11) is 0. The van der Waals surface area contributed by atoms with Crippen molar-refractivity contribution < 1.29 is 14.5 Å². The number of nitro benzene ring substituents is 1. The average molecular weight is 438 g/mol. The zero-order chi connectivity index (χ0) is 22.0. The Hall–Kier alpha value is -2.92. The van der Waals surface area contributed by atoms with Gasteiger partial charge in [0.05, 0.1) is 15.9 Å². The molecule has 0 aliphatic heterocycles. The van der Waals surface area contributed by atoms with Crippen LogP contribution in [-0.2, 0) is 9.53 Å². The minimum absolute atomic E-state index is 0.0994. The van der Waals surface area contributed by atoms with Crippen LogP contribution in [-0.4, -0.2) is 17.0 Å². The standard InChI is InChI=1S/C25H24ClNO4/c1-16(19-14-13-18(27(29)30)15-23(19)26)25(28)31-24-12-5-4-10-22(24)21-11-6-8-17-7-2-3-9-20(17)21/h2-3,6-9,11,13-16,22,24H,4-5,10,12H2,1H3/t16-,22+,24-/m1/s1. The normalized spacial score (nSPS) is 19.7. The fourth-order valence-corrected chi connectivity index (χ4v) is 4.86. The molecule has 6 heteroatoms. The molecule has 0 aromatic heterocycles. The Morgan fingerprint density at radius 2 is 1.84 bits per heavy atom. The molecule has 0 radical (unpaired) electrons. The molecule has 1 aliphatic rings. The molecule has 3 aromatic rings. The van der Waals surface area contributed by atoms with Gasteiger partial charge in [0.15, 0.2) is 0 Å². The summed E-state index contributed by atoms with van der Waals surface area (Å²) in [5.41, 5.74) is 1.66. The van der Waals surface area contributed by atoms with E-state index in [-0.39, 0.29) is 28.7 Å². The van der Waals surface area contributed by atoms with Gasteiger partial charge < -0.3 is 4.74 Å². The van der Waals surface area contributed by atoms with Gasteiger partial charge in [-0.15, -0.1) is 0 Å². The first-order chi connectivity index (χ1) is 15.0. The van der Waals surface area contributed by atoms with Crippen LogP contribution in [0.1, 0.15) is 55.6 Å². The van der Waals surface area contributed by atoms with Gasteiger partial charge in [-0.05, 0) is 54.2 Å². The zero-order valence-electron chi connectivity index (χ0n) is 17.3. The third-order valence-corrected chi connectivity index (χ3v) is 6.54. The molecule has 0 saturated heterocycles. The zero-order valence-corrected chi connectivity index (χ0v) is 18.0. The maximum Gasteiger partial charge on any atom is 0.313 e. The maximum atomic E-state index is 13.0. The van der Waals surface area contributed by atoms with E-state index in [9.17, 15) is 14.9 Å². The monoisotopic (exact) mass is 437 g/mol. The van der Waals surface area contributed by atoms with E-state index in [1.165, 1.54) is 34.5 Å². The lowest BCUT2D eigenvalue weighted by atomic mass is 9.79. The molecule has 31 heavy (non-hydrogen) atoms. The van der Waals surface area contributed by atoms with Crippen molar-refractivity contribution in [3.63, 3.8) is 0 Å². The number of fused-ring (bicyclic) bond motifs is 1. The van der Waals surface area contributed by atoms with E-state index in [1.807, 2.05) is 12.1 Å². The summed E-state index contributed by atoms with van der Waals surface area (Å²) in [5.74, 6) is -0.820. The maximum absolute atomic E-state index is 13.0. The van der Waals surface area contributed by atoms with E-state index in [1.54, 1.807) is 6.92 Å². The molecule has 1 saturated carbocycles. The van der Waals surface area contributed by atoms with Crippen LogP contribution in [0, 0.1) is 10.1 Å². The van der Waals surface area contributed by atoms with E-state index < -0.39 is 10.8 Å². The Morgan fingerprint density at radius 1 is 1.10 bits per heavy atom. The topological polar surface area (TPSA) is 69.4 Å². The minimum atomic E-state index is -0.608. The summed E-state index contributed by atoms with van der Waals surface area (Å²) in [5, 5.41) is 13.5. The molecular formula is C25H24ClNO4. The summed E-state index contributed by atoms with van der Waals surface area (Å²) in [6.45, 7) is 1.73. The summed E-state index contributed by atoms with van der Waals surface area (Å²) in [4.78, 5) is 23.5. The number of halogens is 1. The van der Waals surface area contributed by atoms with Gasteiger partial charge in [-0.2, -0.15) is 0 Å². The number of non-ortho nitro benzene ring substituents is 1. The quantitative estimate of drug-likeness (QED) is 0.251. The molecule has 0 spiro atoms. The number of hydrogen-bond acceptors (Lipinski definition) is 4. The van der Waals surface area contributed by atoms with Gasteiger partial charge in [-0.25, -0.2) is 0 Å². The van der Waals surface area contributed by atoms with Gasteiger partial charge in [0.25, 0.3) is 5.69 Å². The largest absolute Gasteiger partial charge is 0.461 e. The predicted octanol–water partition coefficient (Wildman–Crippen LogP) is 6.77. The second-order valence-electron chi connectivity index (χ2n) is 8.12. The van der Waals surface area contributed by atoms with Crippen molar-refractivity contribution in [1.82, 2.24) is 0 Å². The van der Waals surface area contributed by atoms with Crippen LogP contribution in [0.3, 0.4) is 0 Å². The van der Waals surface area contributed by atoms with Crippen LogP contribution in [0.25, 0.3) is 10.8 Å². The van der Waals surface area contributed by atoms with Crippen molar-refractivity contribution >= 4 is 34.0 Å². The molecule has 3 atom stereocenters. The van der Waals surface area contributed by atoms with Crippen molar-refractivity contribution in [2.45, 2.75) is 50.5 Å². The van der Waals surface area contributed by atoms with Gasteiger partial charge >= 0.3 is 5.97 Å². The summed E-state index contributed by atoms with van der Waals surface area (Å²) >= 11 is 6.23. The lowest BCUT2D eigenvalue weighted by molar-refractivity contribution is -0.384. The Bertz CT molecular complexity index is 1120. The molecule has 0 bridgehead atoms. The SMILES string of the molecule is C[C@@H](C(=O)O[C@@H]1CCCC[C@H]1c1cccc2ccccc12)c1ccc([N+](=O)[O-])cc1Cl. The Morgan fingerprint density at radius 3 is 2.61 bits per heavy atom. The van der Waals surface area contributed by atoms with Gasteiger partial charge in [0.1, 0.15) is 6.10 Å². The van der Waals surface area contributed by atoms with Crippen molar-refractivity contribution in [2.24, 2.45) is 0 Å². The fraction of sp³-hybridized carbons (Fsp3) is 0.320. The smallest absolute Gasteiger partial charge is 0.313 e. The molecule has 5 nitrogen and oxygen atoms in total. The number of hydrogen-bond donors (Lipinski definition) is 0. The predicted molar refractivity (Wildman–Crippen MR) is 122 cm³/mol. The second kappa shape index (κ2) is 9.06. The number of carbonyl (C=O) groups is 1. The number of carbonyl (C=O) groups excluding carboxylic acids is 1. The van der Waals surface area contributed by atoms with Crippen molar-refractivity contribution in [3.8, 4) is 0 Å². The highest BCUT2D eigenvalue weighted by atomic mass is 35.5. The summed E-state index contributed by atoms with van der Waals surface area (Å²) in [6.07, 6.45) is 3.71. The minimum Gasteiger partial charge on any atom is -0.461 e. The number of ether oxygens (including phenoxy) is 1. The molecule has 0 amide bonds. The molecule has 0 unspecified atom stereocenters. The molecule has 1 fully saturated rings. The molecule has 0 N–H and O–H groups in total. The highest BCUT2D eigenvalue weighted by molar-refractivity contribution is 6.31. The summed E-state index contributed by atoms with van der Waals surface area (Å²) in [6, 6.07) is 18.8. The number of nitrogens with zero attached hydrogens (tertiary/aromatic N) is 1. The van der Waals surface area contributed by atoms with Gasteiger partial charge in [0.2, 0.25) is 0 Å². The van der Waals surface area contributed by atoms with Crippen LogP contribution in [0.4, 0.5) is 5.69 Å². The first-order valence-corrected chi connectivity index (χ1v) is 11.0. The van der Waals surface area contributed by atoms with Gasteiger partial charge in [-0.3, -0.25) is 14.9 Å². The van der Waals surface area contributed by atoms with Gasteiger partial charge in [-0.1, -0.05) is 60.5 Å². The van der Waals surface area contributed by atoms with Crippen molar-refractivity contribution in [1.29, 1.82) is 0 Å². The number of esters is 1. The molecule has 3 aromatic carbocycles. The van der Waals surface area contributed by atoms with Gasteiger partial charge in [0, 0.05) is 18.1 Å². The van der Waals surface area contributed by atoms with E-state index in [2.05, 4.69) is 30.3 Å². The molecule has 1 aliphatic carbocycles. The van der Waals surface area contributed by atoms with Crippen LogP contribution >= 0.6 is 11.6 Å². The van der Waals surface area contributed by atoms with Crippen molar-refractivity contribution in [3.05, 3.63) is 86.9 Å². The van der Waals surface area contributed by atoms with Crippen LogP contribution in [0.2, 0.25) is 5.02 Å². The number of rotatable bonds is 5.